The lowest BCUT2D eigenvalue weighted by atomic mass is 10.1. The molecule has 24 heavy (non-hydrogen) atoms. The van der Waals surface area contributed by atoms with Crippen LogP contribution >= 0.6 is 0 Å². The van der Waals surface area contributed by atoms with E-state index in [1.807, 2.05) is 49.4 Å². The zero-order valence-electron chi connectivity index (χ0n) is 13.3. The van der Waals surface area contributed by atoms with Gasteiger partial charge in [0.2, 0.25) is 0 Å². The Labute approximate surface area is 140 Å². The van der Waals surface area contributed by atoms with E-state index in [0.29, 0.717) is 17.9 Å². The molecule has 0 fully saturated rings. The molecule has 0 atom stereocenters. The third-order valence-corrected chi connectivity index (χ3v) is 4.17. The van der Waals surface area contributed by atoms with Gasteiger partial charge in [-0.2, -0.15) is 0 Å². The molecule has 2 aromatic carbocycles. The van der Waals surface area contributed by atoms with Crippen molar-refractivity contribution in [3.05, 3.63) is 72.4 Å². The number of pyridine rings is 1. The summed E-state index contributed by atoms with van der Waals surface area (Å²) in [5.41, 5.74) is 3.62. The van der Waals surface area contributed by atoms with Gasteiger partial charge in [-0.05, 0) is 37.3 Å². The van der Waals surface area contributed by atoms with Gasteiger partial charge in [-0.25, -0.2) is 0 Å². The summed E-state index contributed by atoms with van der Waals surface area (Å²) >= 11 is 0. The van der Waals surface area contributed by atoms with Crippen molar-refractivity contribution in [2.45, 2.75) is 6.92 Å². The third kappa shape index (κ3) is 2.07. The summed E-state index contributed by atoms with van der Waals surface area (Å²) in [6.45, 7) is 6.64. The molecule has 0 radical (unpaired) electrons. The van der Waals surface area contributed by atoms with Crippen LogP contribution in [-0.2, 0) is 0 Å². The molecular weight excluding hydrogens is 300 g/mol. The van der Waals surface area contributed by atoms with Gasteiger partial charge in [0.25, 0.3) is 5.91 Å². The van der Waals surface area contributed by atoms with Crippen LogP contribution in [0, 0.1) is 0 Å². The highest BCUT2D eigenvalue weighted by atomic mass is 16.5. The van der Waals surface area contributed by atoms with Crippen molar-refractivity contribution >= 4 is 28.2 Å². The van der Waals surface area contributed by atoms with E-state index in [1.54, 1.807) is 17.2 Å². The van der Waals surface area contributed by atoms with Crippen LogP contribution in [0.25, 0.3) is 16.6 Å². The third-order valence-electron chi connectivity index (χ3n) is 4.17. The summed E-state index contributed by atoms with van der Waals surface area (Å²) in [5.74, 6) is 0.652. The Kier molecular flexibility index (Phi) is 3.31. The molecule has 0 bridgehead atoms. The molecule has 1 aliphatic heterocycles. The molecule has 0 N–H and O–H groups in total. The van der Waals surface area contributed by atoms with Crippen LogP contribution in [0.2, 0.25) is 0 Å². The average molecular weight is 316 g/mol. The number of aromatic nitrogens is 1. The Morgan fingerprint density at radius 3 is 2.79 bits per heavy atom. The van der Waals surface area contributed by atoms with Crippen LogP contribution in [0.1, 0.15) is 22.8 Å². The van der Waals surface area contributed by atoms with Crippen molar-refractivity contribution in [3.63, 3.8) is 0 Å². The van der Waals surface area contributed by atoms with Crippen molar-refractivity contribution in [2.75, 3.05) is 11.5 Å². The predicted octanol–water partition coefficient (Wildman–Crippen LogP) is 4.26. The van der Waals surface area contributed by atoms with Gasteiger partial charge in [0.15, 0.2) is 0 Å². The number of ether oxygens (including phenoxy) is 1. The van der Waals surface area contributed by atoms with Gasteiger partial charge in [-0.15, -0.1) is 0 Å². The lowest BCUT2D eigenvalue weighted by molar-refractivity contribution is 0.101. The van der Waals surface area contributed by atoms with E-state index >= 15 is 0 Å². The topological polar surface area (TPSA) is 42.4 Å². The molecule has 1 amide bonds. The zero-order chi connectivity index (χ0) is 16.7. The van der Waals surface area contributed by atoms with Gasteiger partial charge < -0.3 is 4.74 Å². The summed E-state index contributed by atoms with van der Waals surface area (Å²) in [5, 5.41) is 0.988. The molecule has 4 heteroatoms. The number of anilines is 1. The molecule has 4 nitrogen and oxygen atoms in total. The van der Waals surface area contributed by atoms with Crippen LogP contribution in [0.3, 0.4) is 0 Å². The Balaban J connectivity index is 1.85. The van der Waals surface area contributed by atoms with Gasteiger partial charge in [-0.1, -0.05) is 24.8 Å². The van der Waals surface area contributed by atoms with Crippen LogP contribution in [0.5, 0.6) is 5.75 Å². The number of fused-ring (bicyclic) bond motifs is 2. The van der Waals surface area contributed by atoms with Crippen LogP contribution in [0.15, 0.2) is 61.3 Å². The highest BCUT2D eigenvalue weighted by Crippen LogP contribution is 2.39. The summed E-state index contributed by atoms with van der Waals surface area (Å²) in [6.07, 6.45) is 1.73. The molecule has 0 aliphatic carbocycles. The van der Waals surface area contributed by atoms with E-state index in [-0.39, 0.29) is 5.91 Å². The smallest absolute Gasteiger partial charge is 0.263 e. The molecule has 1 aromatic heterocycles. The fraction of sp³-hybridized carbons (Fsp3) is 0.100. The van der Waals surface area contributed by atoms with Gasteiger partial charge in [0.1, 0.15) is 5.75 Å². The first-order valence-electron chi connectivity index (χ1n) is 7.85. The minimum absolute atomic E-state index is 0.0869. The van der Waals surface area contributed by atoms with E-state index < -0.39 is 0 Å². The Morgan fingerprint density at radius 2 is 1.96 bits per heavy atom. The number of para-hydroxylation sites is 1. The molecular formula is C20H16N2O2. The van der Waals surface area contributed by atoms with Gasteiger partial charge >= 0.3 is 0 Å². The zero-order valence-corrected chi connectivity index (χ0v) is 13.3. The van der Waals surface area contributed by atoms with E-state index in [4.69, 9.17) is 4.74 Å². The van der Waals surface area contributed by atoms with Gasteiger partial charge in [0.05, 0.1) is 23.5 Å². The lowest BCUT2D eigenvalue weighted by Crippen LogP contribution is -2.22. The van der Waals surface area contributed by atoms with E-state index in [0.717, 1.165) is 27.9 Å². The highest BCUT2D eigenvalue weighted by molar-refractivity contribution is 6.24. The number of nitrogens with zero attached hydrogens (tertiary/aromatic N) is 2. The lowest BCUT2D eigenvalue weighted by Gasteiger charge is -2.19. The van der Waals surface area contributed by atoms with Crippen LogP contribution in [-0.4, -0.2) is 17.5 Å². The highest BCUT2D eigenvalue weighted by Gasteiger charge is 2.33. The van der Waals surface area contributed by atoms with Crippen molar-refractivity contribution in [2.24, 2.45) is 0 Å². The second kappa shape index (κ2) is 5.49. The van der Waals surface area contributed by atoms with Crippen molar-refractivity contribution in [1.82, 2.24) is 4.98 Å². The summed E-state index contributed by atoms with van der Waals surface area (Å²) in [7, 11) is 0. The first-order chi connectivity index (χ1) is 11.7. The van der Waals surface area contributed by atoms with Crippen molar-refractivity contribution in [1.29, 1.82) is 0 Å². The van der Waals surface area contributed by atoms with Crippen LogP contribution < -0.4 is 9.64 Å². The van der Waals surface area contributed by atoms with E-state index in [9.17, 15) is 4.79 Å². The maximum Gasteiger partial charge on any atom is 0.263 e. The minimum Gasteiger partial charge on any atom is -0.494 e. The number of rotatable bonds is 3. The second-order valence-electron chi connectivity index (χ2n) is 5.58. The summed E-state index contributed by atoms with van der Waals surface area (Å²) in [4.78, 5) is 19.0. The monoisotopic (exact) mass is 316 g/mol. The number of hydrogen-bond acceptors (Lipinski definition) is 3. The number of carbonyl (C=O) groups excluding carboxylic acids is 1. The van der Waals surface area contributed by atoms with E-state index in [1.165, 1.54) is 0 Å². The molecule has 0 saturated carbocycles. The first-order valence-corrected chi connectivity index (χ1v) is 7.85. The van der Waals surface area contributed by atoms with Gasteiger partial charge in [-0.3, -0.25) is 14.7 Å². The molecule has 2 heterocycles. The molecule has 0 unspecified atom stereocenters. The quantitative estimate of drug-likeness (QED) is 0.725. The number of benzene rings is 2. The SMILES string of the molecule is C=C1c2cc(OCC)ccc2C(=O)N1c1cccc2cccnc12. The second-order valence-corrected chi connectivity index (χ2v) is 5.58. The average Bonchev–Trinajstić information content (AvgIpc) is 2.85. The molecule has 118 valence electrons. The fourth-order valence-corrected chi connectivity index (χ4v) is 3.09. The summed E-state index contributed by atoms with van der Waals surface area (Å²) < 4.78 is 5.54. The van der Waals surface area contributed by atoms with E-state index in [2.05, 4.69) is 11.6 Å². The van der Waals surface area contributed by atoms with Crippen molar-refractivity contribution < 1.29 is 9.53 Å². The Hall–Kier alpha value is -3.14. The maximum atomic E-state index is 12.9. The molecule has 3 aromatic rings. The maximum absolute atomic E-state index is 12.9. The van der Waals surface area contributed by atoms with Gasteiger partial charge in [0, 0.05) is 22.7 Å². The Morgan fingerprint density at radius 1 is 1.12 bits per heavy atom. The fourth-order valence-electron chi connectivity index (χ4n) is 3.09. The number of amides is 1. The Bertz CT molecular complexity index is 973. The molecule has 0 saturated heterocycles. The van der Waals surface area contributed by atoms with Crippen LogP contribution in [0.4, 0.5) is 5.69 Å². The molecule has 4 rings (SSSR count). The minimum atomic E-state index is -0.0869. The number of hydrogen-bond donors (Lipinski definition) is 0. The van der Waals surface area contributed by atoms with Crippen molar-refractivity contribution in [3.8, 4) is 5.75 Å². The standard InChI is InChI=1S/C20H16N2O2/c1-3-24-15-9-10-16-17(12-15)13(2)22(20(16)23)18-8-4-6-14-7-5-11-21-19(14)18/h4-12H,2-3H2,1H3. The number of carbonyl (C=O) groups is 1. The predicted molar refractivity (Wildman–Crippen MR) is 95.2 cm³/mol. The molecule has 0 spiro atoms. The summed E-state index contributed by atoms with van der Waals surface area (Å²) in [6, 6.07) is 15.2. The largest absolute Gasteiger partial charge is 0.494 e. The normalized spacial score (nSPS) is 13.5. The molecule has 1 aliphatic rings. The first kappa shape index (κ1) is 14.5.